The van der Waals surface area contributed by atoms with Crippen LogP contribution in [0, 0.1) is 0 Å². The van der Waals surface area contributed by atoms with Crippen molar-refractivity contribution in [2.24, 2.45) is 0 Å². The van der Waals surface area contributed by atoms with E-state index in [0.717, 1.165) is 25.1 Å². The van der Waals surface area contributed by atoms with Gasteiger partial charge in [0.25, 0.3) is 0 Å². The summed E-state index contributed by atoms with van der Waals surface area (Å²) in [6, 6.07) is 16.7. The van der Waals surface area contributed by atoms with Gasteiger partial charge in [0, 0.05) is 11.3 Å². The second-order valence-electron chi connectivity index (χ2n) is 7.14. The minimum absolute atomic E-state index is 0.0877. The molecule has 0 aliphatic rings. The average Bonchev–Trinajstić information content (AvgIpc) is 2.67. The maximum absolute atomic E-state index is 9.36. The normalized spacial score (nSPS) is 12.8. The lowest BCUT2D eigenvalue weighted by Gasteiger charge is -2.26. The number of halogens is 1. The standard InChI is InChI=1S/C22H29ClO3/c1-22(2,18-8-6-17(7-9-18)5-3-4-14-23)19-10-12-21(13-11-19)26-16-20(25)15-24/h6-13,20,24-25H,3-5,14-16H2,1-2H3. The molecule has 0 bridgehead atoms. The fraction of sp³-hybridized carbons (Fsp3) is 0.455. The molecule has 0 heterocycles. The second kappa shape index (κ2) is 9.96. The molecule has 0 radical (unpaired) electrons. The summed E-state index contributed by atoms with van der Waals surface area (Å²) in [6.07, 6.45) is 2.39. The van der Waals surface area contributed by atoms with Crippen molar-refractivity contribution in [2.45, 2.75) is 44.6 Å². The first kappa shape index (κ1) is 20.8. The lowest BCUT2D eigenvalue weighted by molar-refractivity contribution is 0.0536. The highest BCUT2D eigenvalue weighted by molar-refractivity contribution is 6.17. The van der Waals surface area contributed by atoms with E-state index in [0.29, 0.717) is 5.75 Å². The predicted octanol–water partition coefficient (Wildman–Crippen LogP) is 4.31. The van der Waals surface area contributed by atoms with Gasteiger partial charge in [-0.2, -0.15) is 0 Å². The number of ether oxygens (including phenoxy) is 1. The summed E-state index contributed by atoms with van der Waals surface area (Å²) in [7, 11) is 0. The van der Waals surface area contributed by atoms with Crippen LogP contribution in [0.3, 0.4) is 0 Å². The van der Waals surface area contributed by atoms with Gasteiger partial charge in [-0.15, -0.1) is 11.6 Å². The molecule has 2 rings (SSSR count). The van der Waals surface area contributed by atoms with E-state index in [2.05, 4.69) is 50.2 Å². The van der Waals surface area contributed by atoms with Crippen LogP contribution in [0.15, 0.2) is 48.5 Å². The van der Waals surface area contributed by atoms with Crippen LogP contribution in [0.5, 0.6) is 5.75 Å². The molecule has 0 aromatic heterocycles. The van der Waals surface area contributed by atoms with Crippen molar-refractivity contribution in [3.05, 3.63) is 65.2 Å². The smallest absolute Gasteiger partial charge is 0.119 e. The topological polar surface area (TPSA) is 49.7 Å². The summed E-state index contributed by atoms with van der Waals surface area (Å²) in [4.78, 5) is 0. The van der Waals surface area contributed by atoms with Crippen LogP contribution >= 0.6 is 11.6 Å². The molecule has 4 heteroatoms. The van der Waals surface area contributed by atoms with E-state index in [1.54, 1.807) is 0 Å². The SMILES string of the molecule is CC(C)(c1ccc(CCCCCl)cc1)c1ccc(OCC(O)CO)cc1. The number of rotatable bonds is 10. The molecule has 2 aromatic rings. The fourth-order valence-electron chi connectivity index (χ4n) is 2.89. The van der Waals surface area contributed by atoms with Gasteiger partial charge in [-0.05, 0) is 48.1 Å². The molecule has 3 nitrogen and oxygen atoms in total. The fourth-order valence-corrected chi connectivity index (χ4v) is 3.08. The van der Waals surface area contributed by atoms with E-state index in [4.69, 9.17) is 21.4 Å². The Kier molecular flexibility index (Phi) is 7.95. The largest absolute Gasteiger partial charge is 0.491 e. The lowest BCUT2D eigenvalue weighted by atomic mass is 9.78. The van der Waals surface area contributed by atoms with Crippen LogP contribution in [-0.2, 0) is 11.8 Å². The Morgan fingerprint density at radius 3 is 2.08 bits per heavy atom. The Balaban J connectivity index is 2.04. The van der Waals surface area contributed by atoms with E-state index >= 15 is 0 Å². The molecule has 0 saturated carbocycles. The lowest BCUT2D eigenvalue weighted by Crippen LogP contribution is -2.21. The van der Waals surface area contributed by atoms with E-state index in [-0.39, 0.29) is 18.6 Å². The van der Waals surface area contributed by atoms with Gasteiger partial charge in [-0.25, -0.2) is 0 Å². The zero-order valence-corrected chi connectivity index (χ0v) is 16.4. The summed E-state index contributed by atoms with van der Waals surface area (Å²) in [5.41, 5.74) is 3.70. The Morgan fingerprint density at radius 2 is 1.54 bits per heavy atom. The number of aliphatic hydroxyl groups excluding tert-OH is 2. The number of hydrogen-bond acceptors (Lipinski definition) is 3. The zero-order chi connectivity index (χ0) is 19.0. The van der Waals surface area contributed by atoms with Crippen LogP contribution in [0.1, 0.15) is 43.4 Å². The Bertz CT molecular complexity index is 650. The first-order valence-corrected chi connectivity index (χ1v) is 9.68. The molecule has 0 saturated heterocycles. The van der Waals surface area contributed by atoms with E-state index < -0.39 is 6.10 Å². The number of unbranched alkanes of at least 4 members (excludes halogenated alkanes) is 1. The molecule has 1 unspecified atom stereocenters. The maximum Gasteiger partial charge on any atom is 0.119 e. The van der Waals surface area contributed by atoms with Crippen molar-refractivity contribution >= 4 is 11.6 Å². The van der Waals surface area contributed by atoms with Crippen molar-refractivity contribution < 1.29 is 14.9 Å². The minimum atomic E-state index is -0.853. The van der Waals surface area contributed by atoms with Crippen molar-refractivity contribution in [1.29, 1.82) is 0 Å². The molecule has 0 amide bonds. The zero-order valence-electron chi connectivity index (χ0n) is 15.6. The number of aliphatic hydroxyl groups is 2. The third kappa shape index (κ3) is 5.73. The third-order valence-corrected chi connectivity index (χ3v) is 5.02. The molecule has 26 heavy (non-hydrogen) atoms. The van der Waals surface area contributed by atoms with Gasteiger partial charge in [-0.1, -0.05) is 50.2 Å². The molecule has 0 aliphatic carbocycles. The summed E-state index contributed by atoms with van der Waals surface area (Å²) < 4.78 is 5.48. The Hall–Kier alpha value is -1.55. The van der Waals surface area contributed by atoms with Gasteiger partial charge >= 0.3 is 0 Å². The molecule has 0 aliphatic heterocycles. The minimum Gasteiger partial charge on any atom is -0.491 e. The van der Waals surface area contributed by atoms with Crippen LogP contribution in [0.25, 0.3) is 0 Å². The molecular weight excluding hydrogens is 348 g/mol. The van der Waals surface area contributed by atoms with Crippen LogP contribution < -0.4 is 4.74 Å². The van der Waals surface area contributed by atoms with E-state index in [1.807, 2.05) is 12.1 Å². The molecular formula is C22H29ClO3. The predicted molar refractivity (Wildman–Crippen MR) is 107 cm³/mol. The average molecular weight is 377 g/mol. The Morgan fingerprint density at radius 1 is 0.962 bits per heavy atom. The molecule has 0 spiro atoms. The molecule has 1 atom stereocenters. The monoisotopic (exact) mass is 376 g/mol. The first-order chi connectivity index (χ1) is 12.5. The van der Waals surface area contributed by atoms with Gasteiger partial charge in [0.1, 0.15) is 18.5 Å². The van der Waals surface area contributed by atoms with E-state index in [9.17, 15) is 5.11 Å². The summed E-state index contributed by atoms with van der Waals surface area (Å²) in [5, 5.41) is 18.2. The van der Waals surface area contributed by atoms with Gasteiger partial charge in [0.05, 0.1) is 6.61 Å². The van der Waals surface area contributed by atoms with Gasteiger partial charge in [0.2, 0.25) is 0 Å². The van der Waals surface area contributed by atoms with E-state index in [1.165, 1.54) is 16.7 Å². The highest BCUT2D eigenvalue weighted by Gasteiger charge is 2.23. The highest BCUT2D eigenvalue weighted by atomic mass is 35.5. The summed E-state index contributed by atoms with van der Waals surface area (Å²) >= 11 is 5.74. The number of benzene rings is 2. The van der Waals surface area contributed by atoms with Crippen molar-refractivity contribution in [1.82, 2.24) is 0 Å². The van der Waals surface area contributed by atoms with Crippen molar-refractivity contribution in [2.75, 3.05) is 19.1 Å². The highest BCUT2D eigenvalue weighted by Crippen LogP contribution is 2.32. The number of alkyl halides is 1. The van der Waals surface area contributed by atoms with Crippen LogP contribution in [-0.4, -0.2) is 35.4 Å². The maximum atomic E-state index is 9.36. The number of hydrogen-bond donors (Lipinski definition) is 2. The van der Waals surface area contributed by atoms with Gasteiger partial charge in [0.15, 0.2) is 0 Å². The summed E-state index contributed by atoms with van der Waals surface area (Å²) in [6.45, 7) is 4.21. The second-order valence-corrected chi connectivity index (χ2v) is 7.52. The Labute approximate surface area is 161 Å². The third-order valence-electron chi connectivity index (χ3n) is 4.75. The molecule has 0 fully saturated rings. The van der Waals surface area contributed by atoms with Crippen LogP contribution in [0.4, 0.5) is 0 Å². The van der Waals surface area contributed by atoms with Gasteiger partial charge < -0.3 is 14.9 Å². The number of aryl methyl sites for hydroxylation is 1. The first-order valence-electron chi connectivity index (χ1n) is 9.15. The summed E-state index contributed by atoms with van der Waals surface area (Å²) in [5.74, 6) is 1.41. The van der Waals surface area contributed by atoms with Gasteiger partial charge in [-0.3, -0.25) is 0 Å². The van der Waals surface area contributed by atoms with Crippen LogP contribution in [0.2, 0.25) is 0 Å². The van der Waals surface area contributed by atoms with Crippen molar-refractivity contribution in [3.63, 3.8) is 0 Å². The molecule has 2 N–H and O–H groups in total. The quantitative estimate of drug-likeness (QED) is 0.480. The molecule has 2 aromatic carbocycles. The molecule has 142 valence electrons. The van der Waals surface area contributed by atoms with Crippen molar-refractivity contribution in [3.8, 4) is 5.75 Å².